The van der Waals surface area contributed by atoms with Crippen LogP contribution in [0.1, 0.15) is 23.3 Å². The molecule has 1 aromatic carbocycles. The number of anilines is 1. The average Bonchev–Trinajstić information content (AvgIpc) is 3.15. The normalized spacial score (nSPS) is 15.5. The Hall–Kier alpha value is -2.58. The van der Waals surface area contributed by atoms with Gasteiger partial charge in [0.05, 0.1) is 32.3 Å². The van der Waals surface area contributed by atoms with E-state index in [9.17, 15) is 9.90 Å². The van der Waals surface area contributed by atoms with E-state index >= 15 is 0 Å². The summed E-state index contributed by atoms with van der Waals surface area (Å²) < 4.78 is 12.9. The molecule has 27 heavy (non-hydrogen) atoms. The van der Waals surface area contributed by atoms with Gasteiger partial charge in [0.1, 0.15) is 11.4 Å². The number of primary amides is 1. The number of amides is 1. The largest absolute Gasteiger partial charge is 0.494 e. The van der Waals surface area contributed by atoms with Gasteiger partial charge in [-0.1, -0.05) is 6.07 Å². The number of benzene rings is 1. The molecule has 0 spiro atoms. The van der Waals surface area contributed by atoms with E-state index in [2.05, 4.69) is 16.0 Å². The highest BCUT2D eigenvalue weighted by Gasteiger charge is 2.12. The van der Waals surface area contributed by atoms with E-state index < -0.39 is 12.0 Å². The number of hydrogen-bond acceptors (Lipinski definition) is 6. The Morgan fingerprint density at radius 2 is 2.19 bits per heavy atom. The van der Waals surface area contributed by atoms with Crippen LogP contribution in [0.25, 0.3) is 0 Å². The first kappa shape index (κ1) is 19.2. The van der Waals surface area contributed by atoms with E-state index in [1.54, 1.807) is 10.8 Å². The van der Waals surface area contributed by atoms with Gasteiger partial charge in [0.15, 0.2) is 0 Å². The van der Waals surface area contributed by atoms with Crippen molar-refractivity contribution in [2.45, 2.75) is 25.5 Å². The van der Waals surface area contributed by atoms with Crippen LogP contribution in [0.4, 0.5) is 5.69 Å². The van der Waals surface area contributed by atoms with Gasteiger partial charge in [0, 0.05) is 37.6 Å². The molecular weight excluding hydrogens is 348 g/mol. The molecular formula is C19H26N4O4. The molecule has 1 aromatic heterocycles. The molecule has 1 amide bonds. The van der Waals surface area contributed by atoms with Crippen LogP contribution in [-0.4, -0.2) is 59.6 Å². The van der Waals surface area contributed by atoms with Gasteiger partial charge in [0.25, 0.3) is 5.91 Å². The van der Waals surface area contributed by atoms with Crippen molar-refractivity contribution in [3.63, 3.8) is 0 Å². The molecule has 0 saturated carbocycles. The van der Waals surface area contributed by atoms with Gasteiger partial charge >= 0.3 is 0 Å². The predicted octanol–water partition coefficient (Wildman–Crippen LogP) is 1.04. The Bertz CT molecular complexity index is 743. The Balaban J connectivity index is 1.39. The van der Waals surface area contributed by atoms with Gasteiger partial charge in [-0.25, -0.2) is 4.98 Å². The molecule has 3 N–H and O–H groups in total. The number of carbonyl (C=O) groups is 1. The van der Waals surface area contributed by atoms with Crippen LogP contribution in [0.5, 0.6) is 5.75 Å². The lowest BCUT2D eigenvalue weighted by molar-refractivity contribution is 0.0995. The summed E-state index contributed by atoms with van der Waals surface area (Å²) in [5.74, 6) is 0.255. The molecule has 1 fully saturated rings. The highest BCUT2D eigenvalue weighted by Crippen LogP contribution is 2.22. The Morgan fingerprint density at radius 3 is 2.93 bits per heavy atom. The number of nitrogens with zero attached hydrogens (tertiary/aromatic N) is 3. The molecule has 3 rings (SSSR count). The van der Waals surface area contributed by atoms with Crippen molar-refractivity contribution >= 4 is 11.6 Å². The number of aliphatic hydroxyl groups excluding tert-OH is 1. The summed E-state index contributed by atoms with van der Waals surface area (Å²) in [5.41, 5.74) is 6.51. The van der Waals surface area contributed by atoms with Crippen molar-refractivity contribution in [3.8, 4) is 5.75 Å². The fourth-order valence-corrected chi connectivity index (χ4v) is 3.02. The number of ether oxygens (including phenoxy) is 2. The van der Waals surface area contributed by atoms with Crippen LogP contribution in [0, 0.1) is 0 Å². The van der Waals surface area contributed by atoms with E-state index in [4.69, 9.17) is 15.2 Å². The SMILES string of the molecule is NC(=O)c1cn(C[C@@H](O)CCCOc2cccc(N3CCOCC3)c2)cn1. The summed E-state index contributed by atoms with van der Waals surface area (Å²) in [6.45, 7) is 4.18. The van der Waals surface area contributed by atoms with Crippen LogP contribution >= 0.6 is 0 Å². The first-order chi connectivity index (χ1) is 13.1. The average molecular weight is 374 g/mol. The first-order valence-electron chi connectivity index (χ1n) is 9.17. The zero-order valence-corrected chi connectivity index (χ0v) is 15.3. The second-order valence-electron chi connectivity index (χ2n) is 6.56. The fraction of sp³-hybridized carbons (Fsp3) is 0.474. The van der Waals surface area contributed by atoms with Gasteiger partial charge in [0.2, 0.25) is 0 Å². The number of hydrogen-bond donors (Lipinski definition) is 2. The summed E-state index contributed by atoms with van der Waals surface area (Å²) in [6.07, 6.45) is 3.81. The number of carbonyl (C=O) groups excluding carboxylic acids is 1. The molecule has 8 heteroatoms. The number of nitrogens with two attached hydrogens (primary N) is 1. The molecule has 0 bridgehead atoms. The molecule has 1 saturated heterocycles. The molecule has 2 heterocycles. The number of rotatable bonds is 9. The third-order valence-electron chi connectivity index (χ3n) is 4.45. The van der Waals surface area contributed by atoms with Crippen molar-refractivity contribution in [1.29, 1.82) is 0 Å². The van der Waals surface area contributed by atoms with Crippen LogP contribution in [0.2, 0.25) is 0 Å². The van der Waals surface area contributed by atoms with E-state index in [0.717, 1.165) is 44.2 Å². The molecule has 0 unspecified atom stereocenters. The highest BCUT2D eigenvalue weighted by molar-refractivity contribution is 5.90. The lowest BCUT2D eigenvalue weighted by Gasteiger charge is -2.29. The maximum absolute atomic E-state index is 11.0. The van der Waals surface area contributed by atoms with Crippen molar-refractivity contribution in [1.82, 2.24) is 9.55 Å². The van der Waals surface area contributed by atoms with Crippen molar-refractivity contribution in [2.24, 2.45) is 5.73 Å². The van der Waals surface area contributed by atoms with Crippen LogP contribution in [-0.2, 0) is 11.3 Å². The maximum atomic E-state index is 11.0. The maximum Gasteiger partial charge on any atom is 0.268 e. The molecule has 1 aliphatic rings. The van der Waals surface area contributed by atoms with Gasteiger partial charge in [-0.2, -0.15) is 0 Å². The van der Waals surface area contributed by atoms with Crippen LogP contribution in [0.3, 0.4) is 0 Å². The molecule has 1 atom stereocenters. The standard InChI is InChI=1S/C19H26N4O4/c20-19(25)18-13-22(14-21-18)12-16(24)4-2-8-27-17-5-1-3-15(11-17)23-6-9-26-10-7-23/h1,3,5,11,13-14,16,24H,2,4,6-10,12H2,(H2,20,25)/t16-/m0/s1. The molecule has 1 aliphatic heterocycles. The lowest BCUT2D eigenvalue weighted by Crippen LogP contribution is -2.36. The molecule has 2 aromatic rings. The van der Waals surface area contributed by atoms with E-state index in [1.165, 1.54) is 6.33 Å². The van der Waals surface area contributed by atoms with Crippen molar-refractivity contribution < 1.29 is 19.4 Å². The third-order valence-corrected chi connectivity index (χ3v) is 4.45. The Morgan fingerprint density at radius 1 is 1.37 bits per heavy atom. The molecule has 0 aliphatic carbocycles. The van der Waals surface area contributed by atoms with Gasteiger partial charge in [-0.05, 0) is 25.0 Å². The minimum atomic E-state index is -0.573. The Labute approximate surface area is 158 Å². The smallest absolute Gasteiger partial charge is 0.268 e. The van der Waals surface area contributed by atoms with E-state index in [1.807, 2.05) is 18.2 Å². The second-order valence-corrected chi connectivity index (χ2v) is 6.56. The topological polar surface area (TPSA) is 103 Å². The van der Waals surface area contributed by atoms with Crippen molar-refractivity contribution in [2.75, 3.05) is 37.8 Å². The van der Waals surface area contributed by atoms with Gasteiger partial charge in [-0.3, -0.25) is 4.79 Å². The molecule has 0 radical (unpaired) electrons. The van der Waals surface area contributed by atoms with E-state index in [-0.39, 0.29) is 5.69 Å². The minimum absolute atomic E-state index is 0.200. The zero-order valence-electron chi connectivity index (χ0n) is 15.3. The quantitative estimate of drug-likeness (QED) is 0.636. The Kier molecular flexibility index (Phi) is 6.67. The second kappa shape index (κ2) is 9.38. The van der Waals surface area contributed by atoms with Crippen LogP contribution < -0.4 is 15.4 Å². The summed E-state index contributed by atoms with van der Waals surface area (Å²) in [6, 6.07) is 8.05. The monoisotopic (exact) mass is 374 g/mol. The molecule has 146 valence electrons. The van der Waals surface area contributed by atoms with Crippen molar-refractivity contribution in [3.05, 3.63) is 42.5 Å². The number of aliphatic hydroxyl groups is 1. The third kappa shape index (κ3) is 5.70. The highest BCUT2D eigenvalue weighted by atomic mass is 16.5. The lowest BCUT2D eigenvalue weighted by atomic mass is 10.2. The van der Waals surface area contributed by atoms with Gasteiger partial charge < -0.3 is 29.8 Å². The predicted molar refractivity (Wildman–Crippen MR) is 101 cm³/mol. The first-order valence-corrected chi connectivity index (χ1v) is 9.17. The number of imidazole rings is 1. The van der Waals surface area contributed by atoms with E-state index in [0.29, 0.717) is 19.6 Å². The van der Waals surface area contributed by atoms with Gasteiger partial charge in [-0.15, -0.1) is 0 Å². The summed E-state index contributed by atoms with van der Waals surface area (Å²) >= 11 is 0. The summed E-state index contributed by atoms with van der Waals surface area (Å²) in [5, 5.41) is 10.1. The summed E-state index contributed by atoms with van der Waals surface area (Å²) in [7, 11) is 0. The fourth-order valence-electron chi connectivity index (χ4n) is 3.02. The minimum Gasteiger partial charge on any atom is -0.494 e. The van der Waals surface area contributed by atoms with Crippen LogP contribution in [0.15, 0.2) is 36.8 Å². The number of aromatic nitrogens is 2. The summed E-state index contributed by atoms with van der Waals surface area (Å²) in [4.78, 5) is 17.2. The number of morpholine rings is 1. The zero-order chi connectivity index (χ0) is 19.1. The molecule has 8 nitrogen and oxygen atoms in total.